The predicted octanol–water partition coefficient (Wildman–Crippen LogP) is 1.86. The molecule has 0 bridgehead atoms. The van der Waals surface area contributed by atoms with E-state index in [1.165, 1.54) is 0 Å². The molecule has 4 rings (SSSR count). The zero-order valence-corrected chi connectivity index (χ0v) is 12.0. The Hall–Kier alpha value is -2.69. The van der Waals surface area contributed by atoms with E-state index in [4.69, 9.17) is 0 Å². The highest BCUT2D eigenvalue weighted by Crippen LogP contribution is 2.40. The van der Waals surface area contributed by atoms with Crippen LogP contribution in [0.1, 0.15) is 22.5 Å². The molecule has 2 aromatic rings. The molecule has 2 aliphatic rings. The minimum absolute atomic E-state index is 0.0956. The van der Waals surface area contributed by atoms with Gasteiger partial charge in [0.15, 0.2) is 0 Å². The molecule has 2 aliphatic heterocycles. The van der Waals surface area contributed by atoms with Crippen molar-refractivity contribution in [1.29, 1.82) is 0 Å². The lowest BCUT2D eigenvalue weighted by molar-refractivity contribution is -0.134. The van der Waals surface area contributed by atoms with Gasteiger partial charge in [-0.2, -0.15) is 0 Å². The van der Waals surface area contributed by atoms with E-state index >= 15 is 0 Å². The summed E-state index contributed by atoms with van der Waals surface area (Å²) in [6.07, 6.45) is 2.84. The van der Waals surface area contributed by atoms with Gasteiger partial charge < -0.3 is 10.2 Å². The number of likely N-dealkylation sites (tertiary alicyclic amines) is 1. The fourth-order valence-electron chi connectivity index (χ4n) is 3.27. The summed E-state index contributed by atoms with van der Waals surface area (Å²) in [5, 5.41) is 2.94. The first kappa shape index (κ1) is 13.0. The number of benzene rings is 1. The van der Waals surface area contributed by atoms with Crippen LogP contribution in [-0.2, 0) is 11.2 Å². The van der Waals surface area contributed by atoms with Crippen molar-refractivity contribution >= 4 is 17.5 Å². The second-order valence-corrected chi connectivity index (χ2v) is 5.74. The summed E-state index contributed by atoms with van der Waals surface area (Å²) in [7, 11) is 0. The maximum absolute atomic E-state index is 12.6. The quantitative estimate of drug-likeness (QED) is 0.873. The lowest BCUT2D eigenvalue weighted by atomic mass is 9.75. The average Bonchev–Trinajstić information content (AvgIpc) is 2.54. The van der Waals surface area contributed by atoms with E-state index < -0.39 is 5.54 Å². The van der Waals surface area contributed by atoms with Crippen LogP contribution in [0.5, 0.6) is 0 Å². The number of fused-ring (bicyclic) bond motifs is 1. The molecular weight excluding hydrogens is 278 g/mol. The molecule has 1 unspecified atom stereocenters. The van der Waals surface area contributed by atoms with Crippen LogP contribution in [-0.4, -0.2) is 33.8 Å². The number of nitrogens with one attached hydrogen (secondary N) is 1. The minimum atomic E-state index is -0.761. The van der Waals surface area contributed by atoms with Crippen molar-refractivity contribution in [1.82, 2.24) is 9.88 Å². The molecule has 1 saturated heterocycles. The van der Waals surface area contributed by atoms with Crippen LogP contribution < -0.4 is 5.32 Å². The van der Waals surface area contributed by atoms with Crippen molar-refractivity contribution in [3.05, 3.63) is 59.9 Å². The third-order valence-electron chi connectivity index (χ3n) is 4.57. The van der Waals surface area contributed by atoms with E-state index in [9.17, 15) is 9.59 Å². The molecule has 1 aromatic carbocycles. The first-order valence-electron chi connectivity index (χ1n) is 7.33. The van der Waals surface area contributed by atoms with E-state index in [0.29, 0.717) is 25.1 Å². The van der Waals surface area contributed by atoms with Gasteiger partial charge in [0.25, 0.3) is 11.8 Å². The van der Waals surface area contributed by atoms with E-state index in [2.05, 4.69) is 10.3 Å². The number of amides is 2. The summed E-state index contributed by atoms with van der Waals surface area (Å²) < 4.78 is 0. The molecule has 3 heterocycles. The van der Waals surface area contributed by atoms with Gasteiger partial charge in [0.2, 0.25) is 0 Å². The van der Waals surface area contributed by atoms with Crippen molar-refractivity contribution < 1.29 is 9.59 Å². The van der Waals surface area contributed by atoms with E-state index in [0.717, 1.165) is 11.3 Å². The van der Waals surface area contributed by atoms with Crippen LogP contribution >= 0.6 is 0 Å². The Morgan fingerprint density at radius 1 is 1.18 bits per heavy atom. The highest BCUT2D eigenvalue weighted by atomic mass is 16.2. The Balaban J connectivity index is 1.68. The van der Waals surface area contributed by atoms with Crippen LogP contribution in [0.15, 0.2) is 48.7 Å². The molecule has 5 heteroatoms. The minimum Gasteiger partial charge on any atom is -0.324 e. The van der Waals surface area contributed by atoms with Gasteiger partial charge in [-0.05, 0) is 30.2 Å². The SMILES string of the molecule is O=C(c1ccccn1)N1CCC12Cc1ccccc1NC2=O. The Bertz CT molecular complexity index is 760. The van der Waals surface area contributed by atoms with Gasteiger partial charge in [-0.3, -0.25) is 14.6 Å². The number of nitrogens with zero attached hydrogens (tertiary/aromatic N) is 2. The number of rotatable bonds is 1. The number of hydrogen-bond donors (Lipinski definition) is 1. The number of para-hydroxylation sites is 1. The summed E-state index contributed by atoms with van der Waals surface area (Å²) in [5.41, 5.74) is 1.53. The molecule has 22 heavy (non-hydrogen) atoms. The molecule has 1 atom stereocenters. The first-order valence-corrected chi connectivity index (χ1v) is 7.33. The van der Waals surface area contributed by atoms with E-state index in [1.54, 1.807) is 29.3 Å². The zero-order valence-electron chi connectivity index (χ0n) is 12.0. The summed E-state index contributed by atoms with van der Waals surface area (Å²) in [6.45, 7) is 0.588. The van der Waals surface area contributed by atoms with Gasteiger partial charge in [-0.25, -0.2) is 0 Å². The molecule has 0 aliphatic carbocycles. The van der Waals surface area contributed by atoms with Gasteiger partial charge in [-0.1, -0.05) is 24.3 Å². The number of carbonyl (C=O) groups is 2. The predicted molar refractivity (Wildman–Crippen MR) is 81.4 cm³/mol. The van der Waals surface area contributed by atoms with Gasteiger partial charge in [0, 0.05) is 24.8 Å². The highest BCUT2D eigenvalue weighted by molar-refractivity contribution is 6.06. The Morgan fingerprint density at radius 3 is 2.73 bits per heavy atom. The van der Waals surface area contributed by atoms with Crippen LogP contribution in [0.3, 0.4) is 0 Å². The topological polar surface area (TPSA) is 62.3 Å². The number of aromatic nitrogens is 1. The third kappa shape index (κ3) is 1.75. The lowest BCUT2D eigenvalue weighted by Crippen LogP contribution is -2.70. The summed E-state index contributed by atoms with van der Waals surface area (Å²) >= 11 is 0. The maximum Gasteiger partial charge on any atom is 0.273 e. The molecule has 1 fully saturated rings. The van der Waals surface area contributed by atoms with Gasteiger partial charge >= 0.3 is 0 Å². The normalized spacial score (nSPS) is 22.7. The number of anilines is 1. The van der Waals surface area contributed by atoms with Gasteiger partial charge in [-0.15, -0.1) is 0 Å². The van der Waals surface area contributed by atoms with Gasteiger partial charge in [0.05, 0.1) is 0 Å². The van der Waals surface area contributed by atoms with E-state index in [1.807, 2.05) is 24.3 Å². The molecular formula is C17H15N3O2. The van der Waals surface area contributed by atoms with Crippen molar-refractivity contribution in [2.45, 2.75) is 18.4 Å². The summed E-state index contributed by atoms with van der Waals surface area (Å²) in [4.78, 5) is 31.0. The molecule has 2 amide bonds. The molecule has 5 nitrogen and oxygen atoms in total. The molecule has 0 saturated carbocycles. The van der Waals surface area contributed by atoms with E-state index in [-0.39, 0.29) is 11.8 Å². The highest BCUT2D eigenvalue weighted by Gasteiger charge is 2.55. The van der Waals surface area contributed by atoms with Crippen LogP contribution in [0.4, 0.5) is 5.69 Å². The largest absolute Gasteiger partial charge is 0.324 e. The number of carbonyl (C=O) groups excluding carboxylic acids is 2. The van der Waals surface area contributed by atoms with Crippen LogP contribution in [0.2, 0.25) is 0 Å². The van der Waals surface area contributed by atoms with Crippen molar-refractivity contribution in [3.8, 4) is 0 Å². The second kappa shape index (κ2) is 4.66. The molecule has 1 aromatic heterocycles. The smallest absolute Gasteiger partial charge is 0.273 e. The average molecular weight is 293 g/mol. The summed E-state index contributed by atoms with van der Waals surface area (Å²) in [5.74, 6) is -0.275. The fraction of sp³-hybridized carbons (Fsp3) is 0.235. The second-order valence-electron chi connectivity index (χ2n) is 5.74. The molecule has 110 valence electrons. The Kier molecular flexibility index (Phi) is 2.76. The van der Waals surface area contributed by atoms with Crippen molar-refractivity contribution in [2.24, 2.45) is 0 Å². The Morgan fingerprint density at radius 2 is 2.00 bits per heavy atom. The molecule has 1 spiro atoms. The monoisotopic (exact) mass is 293 g/mol. The lowest BCUT2D eigenvalue weighted by Gasteiger charge is -2.53. The van der Waals surface area contributed by atoms with Crippen molar-refractivity contribution in [3.63, 3.8) is 0 Å². The number of pyridine rings is 1. The van der Waals surface area contributed by atoms with Gasteiger partial charge in [0.1, 0.15) is 11.2 Å². The zero-order chi connectivity index (χ0) is 15.2. The van der Waals surface area contributed by atoms with Crippen LogP contribution in [0.25, 0.3) is 0 Å². The summed E-state index contributed by atoms with van der Waals surface area (Å²) in [6, 6.07) is 13.0. The maximum atomic E-state index is 12.6. The molecule has 1 N–H and O–H groups in total. The fourth-order valence-corrected chi connectivity index (χ4v) is 3.27. The number of hydrogen-bond acceptors (Lipinski definition) is 3. The first-order chi connectivity index (χ1) is 10.7. The van der Waals surface area contributed by atoms with Crippen LogP contribution in [0, 0.1) is 0 Å². The van der Waals surface area contributed by atoms with Crippen molar-refractivity contribution in [2.75, 3.05) is 11.9 Å². The third-order valence-corrected chi connectivity index (χ3v) is 4.57. The Labute approximate surface area is 128 Å². The standard InChI is InChI=1S/C17H15N3O2/c21-15(14-7-3-4-9-18-14)20-10-8-17(20)11-12-5-1-2-6-13(12)19-16(17)22/h1-7,9H,8,10-11H2,(H,19,22). The molecule has 0 radical (unpaired) electrons.